The molecule has 6 nitrogen and oxygen atoms in total. The Morgan fingerprint density at radius 1 is 1.17 bits per heavy atom. The quantitative estimate of drug-likeness (QED) is 0.787. The van der Waals surface area contributed by atoms with Crippen LogP contribution in [0.5, 0.6) is 0 Å². The van der Waals surface area contributed by atoms with Gasteiger partial charge in [0.15, 0.2) is 0 Å². The van der Waals surface area contributed by atoms with Gasteiger partial charge in [0.2, 0.25) is 0 Å². The molecule has 23 heavy (non-hydrogen) atoms. The van der Waals surface area contributed by atoms with Crippen LogP contribution in [-0.4, -0.2) is 38.4 Å². The summed E-state index contributed by atoms with van der Waals surface area (Å²) in [5.41, 5.74) is 1.44. The zero-order chi connectivity index (χ0) is 16.5. The maximum Gasteiger partial charge on any atom is 0.338 e. The molecule has 1 heterocycles. The molecular formula is C17H24N2O4. The Kier molecular flexibility index (Phi) is 6.87. The van der Waals surface area contributed by atoms with E-state index in [0.717, 1.165) is 31.6 Å². The van der Waals surface area contributed by atoms with Gasteiger partial charge in [-0.3, -0.25) is 0 Å². The topological polar surface area (TPSA) is 76.7 Å². The number of rotatable bonds is 6. The Balaban J connectivity index is 1.70. The van der Waals surface area contributed by atoms with Gasteiger partial charge in [-0.15, -0.1) is 0 Å². The molecule has 2 rings (SSSR count). The molecule has 1 aromatic carbocycles. The van der Waals surface area contributed by atoms with Crippen LogP contribution in [0, 0.1) is 5.92 Å². The van der Waals surface area contributed by atoms with Crippen LogP contribution in [0.25, 0.3) is 0 Å². The van der Waals surface area contributed by atoms with E-state index < -0.39 is 0 Å². The van der Waals surface area contributed by atoms with E-state index in [2.05, 4.69) is 10.6 Å². The number of hydrogen-bond donors (Lipinski definition) is 2. The Morgan fingerprint density at radius 2 is 1.87 bits per heavy atom. The number of esters is 1. The SMILES string of the molecule is CCOC(=O)c1ccc(CNC(=O)NCC2CCOCC2)cc1. The molecule has 0 aromatic heterocycles. The van der Waals surface area contributed by atoms with Crippen molar-refractivity contribution in [1.29, 1.82) is 0 Å². The first-order valence-electron chi connectivity index (χ1n) is 8.04. The fourth-order valence-electron chi connectivity index (χ4n) is 2.41. The average molecular weight is 320 g/mol. The van der Waals surface area contributed by atoms with Crippen molar-refractivity contribution in [3.63, 3.8) is 0 Å². The number of carbonyl (C=O) groups is 2. The fraction of sp³-hybridized carbons (Fsp3) is 0.529. The Hall–Kier alpha value is -2.08. The first-order valence-corrected chi connectivity index (χ1v) is 8.04. The van der Waals surface area contributed by atoms with Gasteiger partial charge in [-0.2, -0.15) is 0 Å². The van der Waals surface area contributed by atoms with E-state index >= 15 is 0 Å². The van der Waals surface area contributed by atoms with Crippen molar-refractivity contribution < 1.29 is 19.1 Å². The van der Waals surface area contributed by atoms with Crippen LogP contribution in [0.3, 0.4) is 0 Å². The monoisotopic (exact) mass is 320 g/mol. The Morgan fingerprint density at radius 3 is 2.52 bits per heavy atom. The summed E-state index contributed by atoms with van der Waals surface area (Å²) in [4.78, 5) is 23.3. The summed E-state index contributed by atoms with van der Waals surface area (Å²) >= 11 is 0. The lowest BCUT2D eigenvalue weighted by molar-refractivity contribution is 0.0526. The molecule has 1 fully saturated rings. The van der Waals surface area contributed by atoms with Crippen molar-refractivity contribution in [2.45, 2.75) is 26.3 Å². The lowest BCUT2D eigenvalue weighted by atomic mass is 10.0. The number of amides is 2. The number of benzene rings is 1. The predicted octanol–water partition coefficient (Wildman–Crippen LogP) is 2.09. The molecule has 0 aliphatic carbocycles. The maximum absolute atomic E-state index is 11.8. The second kappa shape index (κ2) is 9.15. The largest absolute Gasteiger partial charge is 0.462 e. The molecule has 1 aliphatic rings. The van der Waals surface area contributed by atoms with Gasteiger partial charge in [-0.25, -0.2) is 9.59 Å². The second-order valence-corrected chi connectivity index (χ2v) is 5.54. The third-order valence-corrected chi connectivity index (χ3v) is 3.81. The number of nitrogens with one attached hydrogen (secondary N) is 2. The summed E-state index contributed by atoms with van der Waals surface area (Å²) in [5, 5.41) is 5.70. The van der Waals surface area contributed by atoms with Crippen LogP contribution in [-0.2, 0) is 16.0 Å². The zero-order valence-corrected chi connectivity index (χ0v) is 13.5. The first kappa shape index (κ1) is 17.3. The highest BCUT2D eigenvalue weighted by Crippen LogP contribution is 2.13. The minimum atomic E-state index is -0.332. The van der Waals surface area contributed by atoms with Gasteiger partial charge in [-0.05, 0) is 43.4 Å². The van der Waals surface area contributed by atoms with Gasteiger partial charge in [0.05, 0.1) is 12.2 Å². The summed E-state index contributed by atoms with van der Waals surface area (Å²) in [6.45, 7) is 4.78. The van der Waals surface area contributed by atoms with Crippen LogP contribution in [0.2, 0.25) is 0 Å². The molecule has 0 spiro atoms. The van der Waals surface area contributed by atoms with Crippen molar-refractivity contribution in [2.24, 2.45) is 5.92 Å². The average Bonchev–Trinajstić information content (AvgIpc) is 2.59. The van der Waals surface area contributed by atoms with E-state index in [-0.39, 0.29) is 12.0 Å². The summed E-state index contributed by atoms with van der Waals surface area (Å²) in [7, 11) is 0. The number of hydrogen-bond acceptors (Lipinski definition) is 4. The standard InChI is InChI=1S/C17H24N2O4/c1-2-23-16(20)15-5-3-13(4-6-15)11-18-17(21)19-12-14-7-9-22-10-8-14/h3-6,14H,2,7-12H2,1H3,(H2,18,19,21). The Bertz CT molecular complexity index is 510. The van der Waals surface area contributed by atoms with Crippen LogP contribution in [0.1, 0.15) is 35.7 Å². The molecule has 6 heteroatoms. The van der Waals surface area contributed by atoms with E-state index in [0.29, 0.717) is 31.2 Å². The highest BCUT2D eigenvalue weighted by molar-refractivity contribution is 5.89. The number of carbonyl (C=O) groups excluding carboxylic acids is 2. The van der Waals surface area contributed by atoms with Crippen molar-refractivity contribution in [3.8, 4) is 0 Å². The van der Waals surface area contributed by atoms with Gasteiger partial charge in [0.1, 0.15) is 0 Å². The van der Waals surface area contributed by atoms with Crippen LogP contribution < -0.4 is 10.6 Å². The molecule has 1 aromatic rings. The highest BCUT2D eigenvalue weighted by atomic mass is 16.5. The van der Waals surface area contributed by atoms with Crippen molar-refractivity contribution in [3.05, 3.63) is 35.4 Å². The third kappa shape index (κ3) is 5.90. The van der Waals surface area contributed by atoms with Crippen molar-refractivity contribution in [1.82, 2.24) is 10.6 Å². The smallest absolute Gasteiger partial charge is 0.338 e. The molecule has 0 saturated carbocycles. The third-order valence-electron chi connectivity index (χ3n) is 3.81. The second-order valence-electron chi connectivity index (χ2n) is 5.54. The minimum Gasteiger partial charge on any atom is -0.462 e. The van der Waals surface area contributed by atoms with Crippen molar-refractivity contribution in [2.75, 3.05) is 26.4 Å². The van der Waals surface area contributed by atoms with Gasteiger partial charge in [0.25, 0.3) is 0 Å². The summed E-state index contributed by atoms with van der Waals surface area (Å²) < 4.78 is 10.2. The molecule has 0 radical (unpaired) electrons. The fourth-order valence-corrected chi connectivity index (χ4v) is 2.41. The lowest BCUT2D eigenvalue weighted by Crippen LogP contribution is -2.39. The van der Waals surface area contributed by atoms with Gasteiger partial charge < -0.3 is 20.1 Å². The first-order chi connectivity index (χ1) is 11.2. The molecule has 1 saturated heterocycles. The van der Waals surface area contributed by atoms with Gasteiger partial charge >= 0.3 is 12.0 Å². The normalized spacial score (nSPS) is 15.0. The highest BCUT2D eigenvalue weighted by Gasteiger charge is 2.14. The van der Waals surface area contributed by atoms with E-state index in [1.54, 1.807) is 19.1 Å². The molecule has 126 valence electrons. The van der Waals surface area contributed by atoms with Crippen LogP contribution >= 0.6 is 0 Å². The maximum atomic E-state index is 11.8. The molecule has 1 aliphatic heterocycles. The molecule has 0 unspecified atom stereocenters. The zero-order valence-electron chi connectivity index (χ0n) is 13.5. The molecule has 0 atom stereocenters. The van der Waals surface area contributed by atoms with E-state index in [9.17, 15) is 9.59 Å². The molecule has 0 bridgehead atoms. The van der Waals surface area contributed by atoms with Gasteiger partial charge in [-0.1, -0.05) is 12.1 Å². The molecular weight excluding hydrogens is 296 g/mol. The number of urea groups is 1. The van der Waals surface area contributed by atoms with Crippen LogP contribution in [0.4, 0.5) is 4.79 Å². The van der Waals surface area contributed by atoms with Gasteiger partial charge in [0, 0.05) is 26.3 Å². The predicted molar refractivity (Wildman–Crippen MR) is 86.2 cm³/mol. The summed E-state index contributed by atoms with van der Waals surface area (Å²) in [6, 6.07) is 6.85. The van der Waals surface area contributed by atoms with E-state index in [4.69, 9.17) is 9.47 Å². The lowest BCUT2D eigenvalue weighted by Gasteiger charge is -2.22. The number of ether oxygens (including phenoxy) is 2. The summed E-state index contributed by atoms with van der Waals surface area (Å²) in [6.07, 6.45) is 1.99. The minimum absolute atomic E-state index is 0.175. The van der Waals surface area contributed by atoms with Crippen molar-refractivity contribution >= 4 is 12.0 Å². The van der Waals surface area contributed by atoms with E-state index in [1.807, 2.05) is 12.1 Å². The van der Waals surface area contributed by atoms with Crippen LogP contribution in [0.15, 0.2) is 24.3 Å². The summed E-state index contributed by atoms with van der Waals surface area (Å²) in [5.74, 6) is 0.166. The molecule has 2 amide bonds. The van der Waals surface area contributed by atoms with E-state index in [1.165, 1.54) is 0 Å². The molecule has 2 N–H and O–H groups in total. The Labute approximate surface area is 136 Å².